The first-order valence-corrected chi connectivity index (χ1v) is 17.3. The molecular formula is C32H36Cl3N3O4S. The lowest BCUT2D eigenvalue weighted by Gasteiger charge is -2.33. The van der Waals surface area contributed by atoms with Crippen molar-refractivity contribution in [1.29, 1.82) is 0 Å². The van der Waals surface area contributed by atoms with Gasteiger partial charge in [-0.05, 0) is 60.7 Å². The fraction of sp³-hybridized carbons (Fsp3) is 0.375. The molecule has 0 unspecified atom stereocenters. The van der Waals surface area contributed by atoms with Crippen LogP contribution in [0.25, 0.3) is 0 Å². The van der Waals surface area contributed by atoms with E-state index in [9.17, 15) is 18.0 Å². The number of rotatable bonds is 13. The molecule has 0 spiro atoms. The van der Waals surface area contributed by atoms with Gasteiger partial charge in [0.05, 0.1) is 17.0 Å². The molecule has 11 heteroatoms. The zero-order chi connectivity index (χ0) is 31.0. The van der Waals surface area contributed by atoms with Crippen LogP contribution >= 0.6 is 34.8 Å². The molecule has 1 N–H and O–H groups in total. The number of carbonyl (C=O) groups is 2. The normalized spacial score (nSPS) is 14.3. The Labute approximate surface area is 269 Å². The van der Waals surface area contributed by atoms with Crippen molar-refractivity contribution >= 4 is 62.3 Å². The molecule has 0 heterocycles. The van der Waals surface area contributed by atoms with Crippen molar-refractivity contribution < 1.29 is 18.0 Å². The lowest BCUT2D eigenvalue weighted by Crippen LogP contribution is -2.52. The molecule has 4 rings (SSSR count). The highest BCUT2D eigenvalue weighted by atomic mass is 35.5. The third-order valence-corrected chi connectivity index (χ3v) is 9.55. The van der Waals surface area contributed by atoms with Gasteiger partial charge < -0.3 is 10.2 Å². The van der Waals surface area contributed by atoms with E-state index in [1.165, 1.54) is 12.1 Å². The highest BCUT2D eigenvalue weighted by molar-refractivity contribution is 7.92. The third-order valence-electron chi connectivity index (χ3n) is 7.57. The summed E-state index contributed by atoms with van der Waals surface area (Å²) in [6.45, 7) is 0.207. The number of hydrogen-bond donors (Lipinski definition) is 1. The molecule has 1 fully saturated rings. The van der Waals surface area contributed by atoms with Crippen LogP contribution < -0.4 is 9.62 Å². The minimum Gasteiger partial charge on any atom is -0.352 e. The third kappa shape index (κ3) is 9.60. The summed E-state index contributed by atoms with van der Waals surface area (Å²) in [6.07, 6.45) is 5.61. The monoisotopic (exact) mass is 663 g/mol. The Kier molecular flexibility index (Phi) is 11.8. The first-order valence-electron chi connectivity index (χ1n) is 14.3. The first kappa shape index (κ1) is 33.1. The molecular weight excluding hydrogens is 629 g/mol. The minimum absolute atomic E-state index is 0.0110. The zero-order valence-corrected chi connectivity index (χ0v) is 27.1. The average Bonchev–Trinajstić information content (AvgIpc) is 3.48. The zero-order valence-electron chi connectivity index (χ0n) is 24.0. The molecule has 0 radical (unpaired) electrons. The van der Waals surface area contributed by atoms with E-state index in [1.807, 2.05) is 42.5 Å². The van der Waals surface area contributed by atoms with E-state index in [-0.39, 0.29) is 54.5 Å². The molecule has 0 aromatic heterocycles. The second-order valence-corrected chi connectivity index (χ2v) is 14.1. The molecule has 1 atom stereocenters. The molecule has 0 aliphatic heterocycles. The molecule has 3 aromatic rings. The van der Waals surface area contributed by atoms with Gasteiger partial charge in [0.15, 0.2) is 0 Å². The van der Waals surface area contributed by atoms with E-state index in [0.717, 1.165) is 47.4 Å². The van der Waals surface area contributed by atoms with Gasteiger partial charge in [0.2, 0.25) is 21.8 Å². The molecule has 3 aromatic carbocycles. The van der Waals surface area contributed by atoms with Crippen LogP contribution in [0.3, 0.4) is 0 Å². The number of halogens is 3. The van der Waals surface area contributed by atoms with Crippen LogP contribution in [-0.4, -0.2) is 50.0 Å². The van der Waals surface area contributed by atoms with Crippen LogP contribution in [0.1, 0.15) is 49.7 Å². The van der Waals surface area contributed by atoms with Gasteiger partial charge in [-0.2, -0.15) is 0 Å². The van der Waals surface area contributed by atoms with Crippen LogP contribution in [0, 0.1) is 0 Å². The van der Waals surface area contributed by atoms with E-state index in [2.05, 4.69) is 5.32 Å². The molecule has 1 aliphatic carbocycles. The fourth-order valence-corrected chi connectivity index (χ4v) is 6.90. The van der Waals surface area contributed by atoms with Crippen molar-refractivity contribution in [3.8, 4) is 0 Å². The van der Waals surface area contributed by atoms with Gasteiger partial charge in [-0.25, -0.2) is 8.42 Å². The van der Waals surface area contributed by atoms with Crippen LogP contribution in [0.5, 0.6) is 0 Å². The molecule has 230 valence electrons. The Hall–Kier alpha value is -2.78. The van der Waals surface area contributed by atoms with Crippen molar-refractivity contribution in [2.45, 2.75) is 63.6 Å². The predicted molar refractivity (Wildman–Crippen MR) is 174 cm³/mol. The van der Waals surface area contributed by atoms with Gasteiger partial charge in [0, 0.05) is 42.0 Å². The second kappa shape index (κ2) is 15.3. The maximum Gasteiger partial charge on any atom is 0.243 e. The Balaban J connectivity index is 1.59. The largest absolute Gasteiger partial charge is 0.352 e. The SMILES string of the molecule is CS(=O)(=O)N(CCCC(=O)N(Cc1ccc(Cl)cc1)[C@H](Cc1ccccc1)C(=O)NC1CCCC1)c1cc(Cl)ccc1Cl. The summed E-state index contributed by atoms with van der Waals surface area (Å²) in [5, 5.41) is 4.34. The van der Waals surface area contributed by atoms with Gasteiger partial charge in [0.25, 0.3) is 0 Å². The molecule has 0 saturated heterocycles. The Morgan fingerprint density at radius 2 is 1.56 bits per heavy atom. The lowest BCUT2D eigenvalue weighted by atomic mass is 10.0. The Bertz CT molecular complexity index is 1500. The number of amides is 2. The van der Waals surface area contributed by atoms with E-state index in [1.54, 1.807) is 23.1 Å². The summed E-state index contributed by atoms with van der Waals surface area (Å²) in [5.74, 6) is -0.454. The summed E-state index contributed by atoms with van der Waals surface area (Å²) >= 11 is 18.6. The highest BCUT2D eigenvalue weighted by Crippen LogP contribution is 2.31. The first-order chi connectivity index (χ1) is 20.5. The summed E-state index contributed by atoms with van der Waals surface area (Å²) in [4.78, 5) is 29.4. The smallest absolute Gasteiger partial charge is 0.243 e. The maximum atomic E-state index is 14.0. The Morgan fingerprint density at radius 3 is 2.21 bits per heavy atom. The fourth-order valence-electron chi connectivity index (χ4n) is 5.37. The summed E-state index contributed by atoms with van der Waals surface area (Å²) in [7, 11) is -3.72. The molecule has 0 bridgehead atoms. The van der Waals surface area contributed by atoms with Gasteiger partial charge in [0.1, 0.15) is 6.04 Å². The quantitative estimate of drug-likeness (QED) is 0.216. The molecule has 1 aliphatic rings. The summed E-state index contributed by atoms with van der Waals surface area (Å²) in [6, 6.07) is 20.7. The highest BCUT2D eigenvalue weighted by Gasteiger charge is 2.32. The van der Waals surface area contributed by atoms with Crippen molar-refractivity contribution in [3.63, 3.8) is 0 Å². The number of nitrogens with zero attached hydrogens (tertiary/aromatic N) is 2. The van der Waals surface area contributed by atoms with Gasteiger partial charge >= 0.3 is 0 Å². The number of sulfonamides is 1. The van der Waals surface area contributed by atoms with Gasteiger partial charge in [-0.1, -0.05) is 90.1 Å². The van der Waals surface area contributed by atoms with Crippen molar-refractivity contribution in [2.75, 3.05) is 17.1 Å². The lowest BCUT2D eigenvalue weighted by molar-refractivity contribution is -0.141. The van der Waals surface area contributed by atoms with E-state index < -0.39 is 16.1 Å². The van der Waals surface area contributed by atoms with Crippen LogP contribution in [0.15, 0.2) is 72.8 Å². The van der Waals surface area contributed by atoms with Gasteiger partial charge in [-0.15, -0.1) is 0 Å². The van der Waals surface area contributed by atoms with Crippen molar-refractivity contribution in [1.82, 2.24) is 10.2 Å². The molecule has 2 amide bonds. The number of anilines is 1. The number of carbonyl (C=O) groups excluding carboxylic acids is 2. The van der Waals surface area contributed by atoms with Crippen molar-refractivity contribution in [2.24, 2.45) is 0 Å². The summed E-state index contributed by atoms with van der Waals surface area (Å²) in [5.41, 5.74) is 2.01. The van der Waals surface area contributed by atoms with E-state index in [4.69, 9.17) is 34.8 Å². The van der Waals surface area contributed by atoms with E-state index in [0.29, 0.717) is 16.5 Å². The summed E-state index contributed by atoms with van der Waals surface area (Å²) < 4.78 is 26.6. The second-order valence-electron chi connectivity index (χ2n) is 10.9. The number of benzene rings is 3. The number of nitrogens with one attached hydrogen (secondary N) is 1. The van der Waals surface area contributed by atoms with Crippen LogP contribution in [0.2, 0.25) is 15.1 Å². The molecule has 7 nitrogen and oxygen atoms in total. The topological polar surface area (TPSA) is 86.8 Å². The van der Waals surface area contributed by atoms with Crippen molar-refractivity contribution in [3.05, 3.63) is 99.0 Å². The molecule has 43 heavy (non-hydrogen) atoms. The maximum absolute atomic E-state index is 14.0. The number of hydrogen-bond acceptors (Lipinski definition) is 4. The van der Waals surface area contributed by atoms with Gasteiger partial charge in [-0.3, -0.25) is 13.9 Å². The van der Waals surface area contributed by atoms with E-state index >= 15 is 0 Å². The standard InChI is InChI=1S/C32H36Cl3N3O4S/c1-43(41,42)38(29-21-26(34)17-18-28(29)35)19-7-12-31(39)37(22-24-13-15-25(33)16-14-24)30(20-23-8-3-2-4-9-23)32(40)36-27-10-5-6-11-27/h2-4,8-9,13-18,21,27,30H,5-7,10-12,19-20,22H2,1H3,(H,36,40)/t30-/m1/s1. The average molecular weight is 665 g/mol. The molecule has 1 saturated carbocycles. The van der Waals surface area contributed by atoms with Crippen LogP contribution in [-0.2, 0) is 32.6 Å². The predicted octanol–water partition coefficient (Wildman–Crippen LogP) is 6.89. The van der Waals surface area contributed by atoms with Crippen LogP contribution in [0.4, 0.5) is 5.69 Å². The Morgan fingerprint density at radius 1 is 0.907 bits per heavy atom. The minimum atomic E-state index is -3.72.